The molecule has 1 aromatic rings. The quantitative estimate of drug-likeness (QED) is 0.819. The van der Waals surface area contributed by atoms with Crippen molar-refractivity contribution in [3.63, 3.8) is 0 Å². The molecule has 0 aliphatic rings. The van der Waals surface area contributed by atoms with Gasteiger partial charge < -0.3 is 10.0 Å². The molecule has 1 rings (SSSR count). The Labute approximate surface area is 113 Å². The maximum atomic E-state index is 12.0. The summed E-state index contributed by atoms with van der Waals surface area (Å²) in [4.78, 5) is 12.8. The molecule has 0 bridgehead atoms. The first-order valence-electron chi connectivity index (χ1n) is 5.93. The Hall–Kier alpha value is -1.60. The Kier molecular flexibility index (Phi) is 4.90. The van der Waals surface area contributed by atoms with Gasteiger partial charge in [0.2, 0.25) is 10.0 Å². The number of carboxylic acid groups (broad SMARTS) is 1. The van der Waals surface area contributed by atoms with Crippen LogP contribution in [0.25, 0.3) is 0 Å². The summed E-state index contributed by atoms with van der Waals surface area (Å²) < 4.78 is 26.2. The van der Waals surface area contributed by atoms with Gasteiger partial charge in [-0.1, -0.05) is 0 Å². The van der Waals surface area contributed by atoms with E-state index >= 15 is 0 Å². The van der Waals surface area contributed by atoms with Gasteiger partial charge >= 0.3 is 5.97 Å². The standard InChI is InChI=1S/C12H18N2O4S/c1-4-14(5-2)10-7-6-9(12(15)16)8-11(10)19(17,18)13-3/h6-8,13H,4-5H2,1-3H3,(H,15,16). The Bertz CT molecular complexity index is 565. The lowest BCUT2D eigenvalue weighted by Gasteiger charge is -2.24. The van der Waals surface area contributed by atoms with Crippen molar-refractivity contribution in [1.29, 1.82) is 0 Å². The highest BCUT2D eigenvalue weighted by atomic mass is 32.2. The Balaban J connectivity index is 3.52. The summed E-state index contributed by atoms with van der Waals surface area (Å²) in [7, 11) is -2.40. The maximum Gasteiger partial charge on any atom is 0.335 e. The molecular formula is C12H18N2O4S. The first-order chi connectivity index (χ1) is 8.87. The molecule has 7 heteroatoms. The van der Waals surface area contributed by atoms with Crippen LogP contribution in [-0.4, -0.2) is 39.6 Å². The van der Waals surface area contributed by atoms with E-state index in [1.54, 1.807) is 0 Å². The number of hydrogen-bond acceptors (Lipinski definition) is 4. The van der Waals surface area contributed by atoms with Gasteiger partial charge in [-0.05, 0) is 39.1 Å². The minimum Gasteiger partial charge on any atom is -0.478 e. The Morgan fingerprint density at radius 3 is 2.32 bits per heavy atom. The molecule has 0 amide bonds. The van der Waals surface area contributed by atoms with Crippen LogP contribution in [0.1, 0.15) is 24.2 Å². The van der Waals surface area contributed by atoms with Crippen molar-refractivity contribution >= 4 is 21.7 Å². The van der Waals surface area contributed by atoms with Crippen molar-refractivity contribution in [2.75, 3.05) is 25.0 Å². The lowest BCUT2D eigenvalue weighted by atomic mass is 10.2. The Morgan fingerprint density at radius 1 is 1.32 bits per heavy atom. The maximum absolute atomic E-state index is 12.0. The fraction of sp³-hybridized carbons (Fsp3) is 0.417. The van der Waals surface area contributed by atoms with E-state index in [0.717, 1.165) is 0 Å². The number of nitrogens with one attached hydrogen (secondary N) is 1. The van der Waals surface area contributed by atoms with E-state index in [1.807, 2.05) is 18.7 Å². The van der Waals surface area contributed by atoms with Gasteiger partial charge in [-0.15, -0.1) is 0 Å². The number of carbonyl (C=O) groups is 1. The lowest BCUT2D eigenvalue weighted by Crippen LogP contribution is -2.27. The smallest absolute Gasteiger partial charge is 0.335 e. The lowest BCUT2D eigenvalue weighted by molar-refractivity contribution is 0.0696. The van der Waals surface area contributed by atoms with Crippen molar-refractivity contribution in [2.24, 2.45) is 0 Å². The third-order valence-electron chi connectivity index (χ3n) is 2.87. The minimum absolute atomic E-state index is 0.0152. The second-order valence-corrected chi connectivity index (χ2v) is 5.72. The molecule has 0 aliphatic carbocycles. The van der Waals surface area contributed by atoms with Crippen molar-refractivity contribution in [3.05, 3.63) is 23.8 Å². The van der Waals surface area contributed by atoms with E-state index in [4.69, 9.17) is 5.11 Å². The topological polar surface area (TPSA) is 86.7 Å². The fourth-order valence-electron chi connectivity index (χ4n) is 1.80. The summed E-state index contributed by atoms with van der Waals surface area (Å²) in [6.45, 7) is 5.08. The molecule has 1 aromatic carbocycles. The van der Waals surface area contributed by atoms with Gasteiger partial charge in [0.05, 0.1) is 11.3 Å². The molecule has 0 radical (unpaired) electrons. The number of sulfonamides is 1. The molecule has 0 unspecified atom stereocenters. The number of aromatic carboxylic acids is 1. The number of benzene rings is 1. The molecule has 0 saturated carbocycles. The summed E-state index contributed by atoms with van der Waals surface area (Å²) in [6, 6.07) is 4.12. The summed E-state index contributed by atoms with van der Waals surface area (Å²) in [5.74, 6) is -1.15. The fourth-order valence-corrected chi connectivity index (χ4v) is 2.77. The molecule has 0 aliphatic heterocycles. The number of hydrogen-bond donors (Lipinski definition) is 2. The van der Waals surface area contributed by atoms with Gasteiger partial charge in [0.25, 0.3) is 0 Å². The summed E-state index contributed by atoms with van der Waals surface area (Å²) in [5.41, 5.74) is 0.453. The molecule has 0 fully saturated rings. The highest BCUT2D eigenvalue weighted by Gasteiger charge is 2.21. The van der Waals surface area contributed by atoms with Crippen LogP contribution in [0.15, 0.2) is 23.1 Å². The van der Waals surface area contributed by atoms with E-state index in [-0.39, 0.29) is 10.5 Å². The van der Waals surface area contributed by atoms with Gasteiger partial charge in [-0.3, -0.25) is 0 Å². The van der Waals surface area contributed by atoms with Crippen molar-refractivity contribution in [2.45, 2.75) is 18.7 Å². The van der Waals surface area contributed by atoms with Crippen LogP contribution in [0, 0.1) is 0 Å². The number of nitrogens with zero attached hydrogens (tertiary/aromatic N) is 1. The minimum atomic E-state index is -3.71. The van der Waals surface area contributed by atoms with Crippen LogP contribution in [0.5, 0.6) is 0 Å². The number of rotatable bonds is 6. The first-order valence-corrected chi connectivity index (χ1v) is 7.41. The zero-order chi connectivity index (χ0) is 14.6. The van der Waals surface area contributed by atoms with Crippen LogP contribution in [0.4, 0.5) is 5.69 Å². The molecule has 0 heterocycles. The van der Waals surface area contributed by atoms with Crippen LogP contribution >= 0.6 is 0 Å². The van der Waals surface area contributed by atoms with E-state index in [2.05, 4.69) is 4.72 Å². The van der Waals surface area contributed by atoms with Crippen LogP contribution in [0.3, 0.4) is 0 Å². The molecule has 0 spiro atoms. The second-order valence-electron chi connectivity index (χ2n) is 3.87. The monoisotopic (exact) mass is 286 g/mol. The predicted molar refractivity (Wildman–Crippen MR) is 73.2 cm³/mol. The van der Waals surface area contributed by atoms with E-state index in [0.29, 0.717) is 18.8 Å². The zero-order valence-electron chi connectivity index (χ0n) is 11.2. The molecule has 0 aromatic heterocycles. The van der Waals surface area contributed by atoms with Gasteiger partial charge in [0.1, 0.15) is 4.90 Å². The second kappa shape index (κ2) is 6.03. The highest BCUT2D eigenvalue weighted by Crippen LogP contribution is 2.26. The van der Waals surface area contributed by atoms with Gasteiger partial charge in [-0.25, -0.2) is 17.9 Å². The molecule has 0 saturated heterocycles. The molecule has 2 N–H and O–H groups in total. The first kappa shape index (κ1) is 15.5. The Morgan fingerprint density at radius 2 is 1.89 bits per heavy atom. The third kappa shape index (κ3) is 3.24. The van der Waals surface area contributed by atoms with E-state index in [9.17, 15) is 13.2 Å². The van der Waals surface area contributed by atoms with Crippen LogP contribution in [-0.2, 0) is 10.0 Å². The average molecular weight is 286 g/mol. The van der Waals surface area contributed by atoms with E-state index < -0.39 is 16.0 Å². The average Bonchev–Trinajstić information content (AvgIpc) is 2.40. The summed E-state index contributed by atoms with van der Waals surface area (Å²) in [6.07, 6.45) is 0. The van der Waals surface area contributed by atoms with Gasteiger partial charge in [0, 0.05) is 13.1 Å². The van der Waals surface area contributed by atoms with Crippen molar-refractivity contribution < 1.29 is 18.3 Å². The molecule has 6 nitrogen and oxygen atoms in total. The van der Waals surface area contributed by atoms with E-state index in [1.165, 1.54) is 25.2 Å². The van der Waals surface area contributed by atoms with Gasteiger partial charge in [-0.2, -0.15) is 0 Å². The highest BCUT2D eigenvalue weighted by molar-refractivity contribution is 7.89. The van der Waals surface area contributed by atoms with Crippen LogP contribution < -0.4 is 9.62 Å². The van der Waals surface area contributed by atoms with Gasteiger partial charge in [0.15, 0.2) is 0 Å². The number of carboxylic acids is 1. The number of anilines is 1. The summed E-state index contributed by atoms with van der Waals surface area (Å²) in [5, 5.41) is 8.96. The predicted octanol–water partition coefficient (Wildman–Crippen LogP) is 1.14. The van der Waals surface area contributed by atoms with Crippen molar-refractivity contribution in [3.8, 4) is 0 Å². The molecule has 0 atom stereocenters. The SMILES string of the molecule is CCN(CC)c1ccc(C(=O)O)cc1S(=O)(=O)NC. The largest absolute Gasteiger partial charge is 0.478 e. The zero-order valence-corrected chi connectivity index (χ0v) is 12.0. The van der Waals surface area contributed by atoms with Crippen LogP contribution in [0.2, 0.25) is 0 Å². The normalized spacial score (nSPS) is 11.3. The third-order valence-corrected chi connectivity index (χ3v) is 4.31. The molecule has 19 heavy (non-hydrogen) atoms. The molecule has 106 valence electrons. The molecular weight excluding hydrogens is 268 g/mol. The van der Waals surface area contributed by atoms with Crippen molar-refractivity contribution in [1.82, 2.24) is 4.72 Å². The summed E-state index contributed by atoms with van der Waals surface area (Å²) >= 11 is 0.